The lowest BCUT2D eigenvalue weighted by Crippen LogP contribution is -2.44. The van der Waals surface area contributed by atoms with Crippen LogP contribution in [0.25, 0.3) is 0 Å². The van der Waals surface area contributed by atoms with Gasteiger partial charge in [0.1, 0.15) is 0 Å². The number of rotatable bonds is 14. The van der Waals surface area contributed by atoms with Crippen LogP contribution in [0.3, 0.4) is 0 Å². The lowest BCUT2D eigenvalue weighted by Gasteiger charge is -2.35. The maximum absolute atomic E-state index is 10.9. The normalized spacial score (nSPS) is 24.4. The van der Waals surface area contributed by atoms with E-state index in [2.05, 4.69) is 65.8 Å². The maximum atomic E-state index is 10.9. The zero-order valence-corrected chi connectivity index (χ0v) is 22.8. The van der Waals surface area contributed by atoms with Crippen LogP contribution in [0, 0.1) is 0 Å². The summed E-state index contributed by atoms with van der Waals surface area (Å²) in [6.07, 6.45) is 17.4. The number of ether oxygens (including phenoxy) is 1. The summed E-state index contributed by atoms with van der Waals surface area (Å²) in [6.45, 7) is 16.7. The zero-order valence-electron chi connectivity index (χ0n) is 22.8. The van der Waals surface area contributed by atoms with E-state index in [4.69, 9.17) is 4.74 Å². The van der Waals surface area contributed by atoms with Crippen LogP contribution in [0.1, 0.15) is 120 Å². The van der Waals surface area contributed by atoms with Gasteiger partial charge in [-0.25, -0.2) is 0 Å². The molecular weight excluding hydrogens is 408 g/mol. The van der Waals surface area contributed by atoms with E-state index >= 15 is 0 Å². The van der Waals surface area contributed by atoms with Gasteiger partial charge in [0.15, 0.2) is 0 Å². The zero-order chi connectivity index (χ0) is 25.1. The first kappa shape index (κ1) is 29.9. The molecule has 33 heavy (non-hydrogen) atoms. The molecule has 0 bridgehead atoms. The van der Waals surface area contributed by atoms with Crippen molar-refractivity contribution in [2.24, 2.45) is 0 Å². The van der Waals surface area contributed by atoms with Crippen molar-refractivity contribution < 1.29 is 14.9 Å². The summed E-state index contributed by atoms with van der Waals surface area (Å²) in [5.41, 5.74) is 4.07. The molecule has 0 amide bonds. The molecule has 0 aromatic rings. The summed E-state index contributed by atoms with van der Waals surface area (Å²) < 4.78 is 6.28. The molecule has 3 nitrogen and oxygen atoms in total. The van der Waals surface area contributed by atoms with Gasteiger partial charge in [-0.2, -0.15) is 0 Å². The first-order valence-electron chi connectivity index (χ1n) is 13.0. The monoisotopic (exact) mass is 460 g/mol. The Morgan fingerprint density at radius 1 is 0.909 bits per heavy atom. The van der Waals surface area contributed by atoms with Crippen LogP contribution in [0.5, 0.6) is 0 Å². The highest BCUT2D eigenvalue weighted by Crippen LogP contribution is 2.40. The molecule has 0 spiro atoms. The molecule has 1 aliphatic heterocycles. The van der Waals surface area contributed by atoms with Gasteiger partial charge in [-0.3, -0.25) is 0 Å². The standard InChI is InChI=1S/C30H52O3/c1-23(2)13-9-15-25(5)16-10-17-26(6)18-11-19-27(31)30(8)22-20-28(33-30)29(7,32)21-12-14-24(3)4/h13-14,16,18,27-28,31-32H,9-12,15,17,19-22H2,1-8H3/b25-16+,26-18+/t27-,28+,29+,30+/m0/s1. The van der Waals surface area contributed by atoms with E-state index in [1.165, 1.54) is 22.3 Å². The van der Waals surface area contributed by atoms with E-state index in [0.29, 0.717) is 12.8 Å². The van der Waals surface area contributed by atoms with Crippen LogP contribution >= 0.6 is 0 Å². The predicted molar refractivity (Wildman–Crippen MR) is 142 cm³/mol. The summed E-state index contributed by atoms with van der Waals surface area (Å²) in [7, 11) is 0. The van der Waals surface area contributed by atoms with E-state index in [1.54, 1.807) is 0 Å². The Kier molecular flexibility index (Phi) is 12.9. The van der Waals surface area contributed by atoms with E-state index in [9.17, 15) is 10.2 Å². The van der Waals surface area contributed by atoms with Crippen molar-refractivity contribution in [3.05, 3.63) is 46.6 Å². The van der Waals surface area contributed by atoms with E-state index in [-0.39, 0.29) is 6.10 Å². The number of hydrogen-bond donors (Lipinski definition) is 2. The molecular formula is C30H52O3. The molecule has 4 atom stereocenters. The Bertz CT molecular complexity index is 702. The topological polar surface area (TPSA) is 49.7 Å². The number of aliphatic hydroxyl groups excluding tert-OH is 1. The molecule has 190 valence electrons. The second kappa shape index (κ2) is 14.3. The summed E-state index contributed by atoms with van der Waals surface area (Å²) in [6, 6.07) is 0. The van der Waals surface area contributed by atoms with Crippen LogP contribution in [0.2, 0.25) is 0 Å². The maximum Gasteiger partial charge on any atom is 0.0918 e. The first-order valence-corrected chi connectivity index (χ1v) is 13.0. The van der Waals surface area contributed by atoms with Crippen LogP contribution in [-0.4, -0.2) is 33.6 Å². The fourth-order valence-corrected chi connectivity index (χ4v) is 4.49. The molecule has 0 aromatic heterocycles. The van der Waals surface area contributed by atoms with Crippen molar-refractivity contribution in [1.29, 1.82) is 0 Å². The molecule has 1 fully saturated rings. The van der Waals surface area contributed by atoms with Gasteiger partial charge >= 0.3 is 0 Å². The van der Waals surface area contributed by atoms with Crippen LogP contribution in [0.4, 0.5) is 0 Å². The van der Waals surface area contributed by atoms with Crippen molar-refractivity contribution in [2.45, 2.75) is 143 Å². The van der Waals surface area contributed by atoms with Gasteiger partial charge < -0.3 is 14.9 Å². The van der Waals surface area contributed by atoms with Gasteiger partial charge in [0.2, 0.25) is 0 Å². The summed E-state index contributed by atoms with van der Waals surface area (Å²) in [5, 5.41) is 21.8. The fraction of sp³-hybridized carbons (Fsp3) is 0.733. The largest absolute Gasteiger partial charge is 0.390 e. The first-order chi connectivity index (χ1) is 15.4. The molecule has 1 heterocycles. The molecule has 1 saturated heterocycles. The summed E-state index contributed by atoms with van der Waals surface area (Å²) in [5.74, 6) is 0. The summed E-state index contributed by atoms with van der Waals surface area (Å²) in [4.78, 5) is 0. The molecule has 0 unspecified atom stereocenters. The minimum absolute atomic E-state index is 0.216. The number of hydrogen-bond acceptors (Lipinski definition) is 3. The van der Waals surface area contributed by atoms with Crippen molar-refractivity contribution in [1.82, 2.24) is 0 Å². The minimum Gasteiger partial charge on any atom is -0.390 e. The second-order valence-electron chi connectivity index (χ2n) is 11.2. The highest BCUT2D eigenvalue weighted by Gasteiger charge is 2.47. The average molecular weight is 461 g/mol. The molecule has 0 radical (unpaired) electrons. The van der Waals surface area contributed by atoms with Gasteiger partial charge in [-0.1, -0.05) is 46.6 Å². The molecule has 2 N–H and O–H groups in total. The third-order valence-electron chi connectivity index (χ3n) is 6.97. The van der Waals surface area contributed by atoms with Crippen molar-refractivity contribution in [3.8, 4) is 0 Å². The van der Waals surface area contributed by atoms with Gasteiger partial charge in [0.25, 0.3) is 0 Å². The highest BCUT2D eigenvalue weighted by atomic mass is 16.5. The smallest absolute Gasteiger partial charge is 0.0918 e. The number of allylic oxidation sites excluding steroid dienone is 8. The summed E-state index contributed by atoms with van der Waals surface area (Å²) >= 11 is 0. The SMILES string of the molecule is CC(C)=CCC/C(C)=C/CC/C(C)=C/CC[C@H](O)[C@@]1(C)CC[C@H]([C@](C)(O)CCC=C(C)C)O1. The van der Waals surface area contributed by atoms with E-state index in [1.807, 2.05) is 13.8 Å². The Morgan fingerprint density at radius 3 is 2.00 bits per heavy atom. The molecule has 0 aliphatic carbocycles. The molecule has 0 saturated carbocycles. The average Bonchev–Trinajstić information content (AvgIpc) is 3.11. The highest BCUT2D eigenvalue weighted by molar-refractivity contribution is 5.06. The number of aliphatic hydroxyl groups is 2. The lowest BCUT2D eigenvalue weighted by molar-refractivity contribution is -0.160. The van der Waals surface area contributed by atoms with Crippen LogP contribution < -0.4 is 0 Å². The van der Waals surface area contributed by atoms with Crippen molar-refractivity contribution >= 4 is 0 Å². The Morgan fingerprint density at radius 2 is 1.42 bits per heavy atom. The molecule has 3 heteroatoms. The van der Waals surface area contributed by atoms with Crippen molar-refractivity contribution in [2.75, 3.05) is 0 Å². The molecule has 1 aliphatic rings. The van der Waals surface area contributed by atoms with Crippen LogP contribution in [0.15, 0.2) is 46.6 Å². The Balaban J connectivity index is 2.43. The van der Waals surface area contributed by atoms with E-state index in [0.717, 1.165) is 51.4 Å². The lowest BCUT2D eigenvalue weighted by atomic mass is 9.89. The second-order valence-corrected chi connectivity index (χ2v) is 11.2. The Labute approximate surface area is 204 Å². The van der Waals surface area contributed by atoms with E-state index < -0.39 is 17.3 Å². The fourth-order valence-electron chi connectivity index (χ4n) is 4.49. The third-order valence-corrected chi connectivity index (χ3v) is 6.97. The van der Waals surface area contributed by atoms with Gasteiger partial charge in [-0.05, 0) is 120 Å². The predicted octanol–water partition coefficient (Wildman–Crippen LogP) is 7.98. The van der Waals surface area contributed by atoms with Crippen molar-refractivity contribution in [3.63, 3.8) is 0 Å². The third kappa shape index (κ3) is 11.7. The quantitative estimate of drug-likeness (QED) is 0.258. The van der Waals surface area contributed by atoms with Crippen LogP contribution in [-0.2, 0) is 4.74 Å². The van der Waals surface area contributed by atoms with Gasteiger partial charge in [0.05, 0.1) is 23.4 Å². The van der Waals surface area contributed by atoms with Gasteiger partial charge in [-0.15, -0.1) is 0 Å². The minimum atomic E-state index is -0.864. The molecule has 0 aromatic carbocycles. The Hall–Kier alpha value is -1.16. The molecule has 1 rings (SSSR count). The van der Waals surface area contributed by atoms with Gasteiger partial charge in [0, 0.05) is 0 Å².